The van der Waals surface area contributed by atoms with Crippen molar-refractivity contribution in [3.8, 4) is 51.0 Å². The van der Waals surface area contributed by atoms with Gasteiger partial charge >= 0.3 is 0 Å². The Balaban J connectivity index is 1.12. The molecule has 0 radical (unpaired) electrons. The van der Waals surface area contributed by atoms with Crippen molar-refractivity contribution in [3.05, 3.63) is 169 Å². The first kappa shape index (κ1) is 31.5. The minimum absolute atomic E-state index is 0.0228. The maximum absolute atomic E-state index is 6.36. The summed E-state index contributed by atoms with van der Waals surface area (Å²) in [6, 6.07) is 56.2. The largest absolute Gasteiger partial charge is 0.456 e. The molecule has 0 atom stereocenters. The summed E-state index contributed by atoms with van der Waals surface area (Å²) in [6.07, 6.45) is 6.12. The number of nitrogens with zero attached hydrogens (tertiary/aromatic N) is 4. The summed E-state index contributed by atoms with van der Waals surface area (Å²) in [7, 11) is 0. The Kier molecular flexibility index (Phi) is 6.79. The van der Waals surface area contributed by atoms with Gasteiger partial charge in [0.25, 0.3) is 0 Å². The highest BCUT2D eigenvalue weighted by molar-refractivity contribution is 6.11. The van der Waals surface area contributed by atoms with Crippen molar-refractivity contribution in [2.24, 2.45) is 0 Å². The second-order valence-electron chi connectivity index (χ2n) is 15.5. The van der Waals surface area contributed by atoms with Gasteiger partial charge in [-0.1, -0.05) is 135 Å². The lowest BCUT2D eigenvalue weighted by atomic mass is 9.68. The van der Waals surface area contributed by atoms with Gasteiger partial charge in [0.2, 0.25) is 5.95 Å². The zero-order valence-corrected chi connectivity index (χ0v) is 30.7. The number of hydrogen-bond acceptors (Lipinski definition) is 4. The molecule has 3 aromatic heterocycles. The second-order valence-corrected chi connectivity index (χ2v) is 15.5. The molecule has 3 heterocycles. The van der Waals surface area contributed by atoms with Crippen LogP contribution < -0.4 is 0 Å². The molecule has 0 amide bonds. The summed E-state index contributed by atoms with van der Waals surface area (Å²) in [5.41, 5.74) is 13.6. The van der Waals surface area contributed by atoms with E-state index in [1.54, 1.807) is 0 Å². The second kappa shape index (κ2) is 12.1. The van der Waals surface area contributed by atoms with Crippen LogP contribution in [0.15, 0.2) is 162 Å². The van der Waals surface area contributed by atoms with E-state index in [-0.39, 0.29) is 5.41 Å². The van der Waals surface area contributed by atoms with Crippen LogP contribution in [0.25, 0.3) is 94.7 Å². The van der Waals surface area contributed by atoms with E-state index >= 15 is 0 Å². The number of furan rings is 1. The van der Waals surface area contributed by atoms with Gasteiger partial charge in [0.15, 0.2) is 11.6 Å². The molecule has 12 rings (SSSR count). The topological polar surface area (TPSA) is 56.7 Å². The van der Waals surface area contributed by atoms with Gasteiger partial charge in [-0.25, -0.2) is 4.98 Å². The van der Waals surface area contributed by atoms with E-state index in [9.17, 15) is 0 Å². The average molecular weight is 721 g/mol. The van der Waals surface area contributed by atoms with E-state index < -0.39 is 0 Å². The lowest BCUT2D eigenvalue weighted by Gasteiger charge is -2.36. The van der Waals surface area contributed by atoms with Gasteiger partial charge in [0, 0.05) is 38.1 Å². The van der Waals surface area contributed by atoms with Crippen LogP contribution >= 0.6 is 0 Å². The van der Waals surface area contributed by atoms with Crippen LogP contribution in [0.5, 0.6) is 0 Å². The maximum atomic E-state index is 6.36. The number of fused-ring (bicyclic) bond motifs is 11. The molecule has 1 saturated carbocycles. The monoisotopic (exact) mass is 720 g/mol. The molecule has 1 spiro atoms. The van der Waals surface area contributed by atoms with Crippen molar-refractivity contribution in [2.75, 3.05) is 0 Å². The van der Waals surface area contributed by atoms with E-state index in [2.05, 4.69) is 144 Å². The minimum atomic E-state index is 0.0228. The predicted molar refractivity (Wildman–Crippen MR) is 227 cm³/mol. The van der Waals surface area contributed by atoms with Gasteiger partial charge in [-0.2, -0.15) is 9.97 Å². The van der Waals surface area contributed by atoms with E-state index in [0.29, 0.717) is 17.6 Å². The van der Waals surface area contributed by atoms with Crippen molar-refractivity contribution in [2.45, 2.75) is 37.5 Å². The molecule has 7 aromatic carbocycles. The molecule has 0 N–H and O–H groups in total. The third kappa shape index (κ3) is 4.64. The predicted octanol–water partition coefficient (Wildman–Crippen LogP) is 13.1. The molecule has 266 valence electrons. The number of rotatable bonds is 4. The summed E-state index contributed by atoms with van der Waals surface area (Å²) < 4.78 is 8.64. The third-order valence-corrected chi connectivity index (χ3v) is 12.5. The van der Waals surface area contributed by atoms with Gasteiger partial charge in [-0.15, -0.1) is 0 Å². The Morgan fingerprint density at radius 1 is 0.429 bits per heavy atom. The molecule has 0 saturated heterocycles. The van der Waals surface area contributed by atoms with Crippen molar-refractivity contribution in [3.63, 3.8) is 0 Å². The molecule has 2 aliphatic rings. The normalized spacial score (nSPS) is 14.6. The molecule has 0 bridgehead atoms. The summed E-state index contributed by atoms with van der Waals surface area (Å²) in [5, 5.41) is 4.56. The van der Waals surface area contributed by atoms with Gasteiger partial charge in [-0.05, 0) is 88.7 Å². The Hall–Kier alpha value is -6.85. The highest BCUT2D eigenvalue weighted by Crippen LogP contribution is 2.57. The number of hydrogen-bond donors (Lipinski definition) is 0. The highest BCUT2D eigenvalue weighted by atomic mass is 16.3. The van der Waals surface area contributed by atoms with Crippen LogP contribution in [0.2, 0.25) is 0 Å². The molecular formula is C51H36N4O. The summed E-state index contributed by atoms with van der Waals surface area (Å²) in [4.78, 5) is 15.9. The van der Waals surface area contributed by atoms with Crippen LogP contribution in [0.3, 0.4) is 0 Å². The quantitative estimate of drug-likeness (QED) is 0.182. The summed E-state index contributed by atoms with van der Waals surface area (Å²) in [5.74, 6) is 1.82. The first-order chi connectivity index (χ1) is 27.7. The zero-order chi connectivity index (χ0) is 36.8. The molecular weight excluding hydrogens is 685 g/mol. The molecule has 1 fully saturated rings. The van der Waals surface area contributed by atoms with E-state index in [4.69, 9.17) is 19.4 Å². The SMILES string of the molecule is c1ccc(-c2cccc(-c3nc(-c4ccc5c(c4)oc4ccccc45)nc(-n4c5ccccc5c5cc6c(cc54)C4(CCCCC4)c4ccccc4-6)n3)c2)cc1. The summed E-state index contributed by atoms with van der Waals surface area (Å²) in [6.45, 7) is 0. The van der Waals surface area contributed by atoms with Crippen molar-refractivity contribution in [1.29, 1.82) is 0 Å². The smallest absolute Gasteiger partial charge is 0.238 e. The molecule has 0 unspecified atom stereocenters. The van der Waals surface area contributed by atoms with Crippen LogP contribution in [0.4, 0.5) is 0 Å². The lowest BCUT2D eigenvalue weighted by Crippen LogP contribution is -2.28. The van der Waals surface area contributed by atoms with Crippen molar-refractivity contribution >= 4 is 43.7 Å². The van der Waals surface area contributed by atoms with Crippen molar-refractivity contribution in [1.82, 2.24) is 19.5 Å². The highest BCUT2D eigenvalue weighted by Gasteiger charge is 2.44. The Morgan fingerprint density at radius 3 is 2.00 bits per heavy atom. The van der Waals surface area contributed by atoms with Gasteiger partial charge in [0.1, 0.15) is 11.2 Å². The van der Waals surface area contributed by atoms with Gasteiger partial charge < -0.3 is 4.42 Å². The van der Waals surface area contributed by atoms with Crippen molar-refractivity contribution < 1.29 is 4.42 Å². The minimum Gasteiger partial charge on any atom is -0.456 e. The van der Waals surface area contributed by atoms with E-state index in [1.807, 2.05) is 18.2 Å². The van der Waals surface area contributed by atoms with Gasteiger partial charge in [0.05, 0.1) is 11.0 Å². The molecule has 5 nitrogen and oxygen atoms in total. The number of benzene rings is 7. The maximum Gasteiger partial charge on any atom is 0.238 e. The first-order valence-corrected chi connectivity index (χ1v) is 19.7. The molecule has 0 aliphatic heterocycles. The van der Waals surface area contributed by atoms with E-state index in [1.165, 1.54) is 65.1 Å². The van der Waals surface area contributed by atoms with Crippen LogP contribution in [0.1, 0.15) is 43.2 Å². The number of para-hydroxylation sites is 2. The fraction of sp³-hybridized carbons (Fsp3) is 0.118. The van der Waals surface area contributed by atoms with Crippen LogP contribution in [0, 0.1) is 0 Å². The average Bonchev–Trinajstić information content (AvgIpc) is 3.89. The fourth-order valence-electron chi connectivity index (χ4n) is 9.88. The zero-order valence-electron chi connectivity index (χ0n) is 30.7. The lowest BCUT2D eigenvalue weighted by molar-refractivity contribution is 0.353. The Labute approximate surface area is 323 Å². The van der Waals surface area contributed by atoms with Gasteiger partial charge in [-0.3, -0.25) is 4.57 Å². The summed E-state index contributed by atoms with van der Waals surface area (Å²) >= 11 is 0. The standard InChI is InChI=1S/C51H36N4O/c1-3-14-32(15-4-1)33-16-13-17-34(28-33)48-52-49(35-24-25-39-38-20-7-10-23-46(38)56-47(39)29-35)54-50(53-48)55-44-22-9-6-19-37(44)41-30-40-36-18-5-8-21-42(36)51(26-11-2-12-27-51)43(40)31-45(41)55/h1,3-10,13-25,28-31H,2,11-12,26-27H2. The number of aromatic nitrogens is 4. The molecule has 5 heteroatoms. The third-order valence-electron chi connectivity index (χ3n) is 12.5. The Morgan fingerprint density at radius 2 is 1.12 bits per heavy atom. The molecule has 2 aliphatic carbocycles. The van der Waals surface area contributed by atoms with Crippen LogP contribution in [-0.4, -0.2) is 19.5 Å². The Bertz CT molecular complexity index is 3190. The fourth-order valence-corrected chi connectivity index (χ4v) is 9.88. The van der Waals surface area contributed by atoms with Crippen LogP contribution in [-0.2, 0) is 5.41 Å². The first-order valence-electron chi connectivity index (χ1n) is 19.7. The molecule has 56 heavy (non-hydrogen) atoms. The molecule has 10 aromatic rings. The van der Waals surface area contributed by atoms with E-state index in [0.717, 1.165) is 55.2 Å².